The predicted octanol–water partition coefficient (Wildman–Crippen LogP) is 7.31. The summed E-state index contributed by atoms with van der Waals surface area (Å²) in [5, 5.41) is 0.563. The molecule has 4 rings (SSSR count). The highest BCUT2D eigenvalue weighted by Crippen LogP contribution is 2.49. The molecular formula is C23H23ClF2. The number of allylic oxidation sites excluding steroid dienone is 2. The first kappa shape index (κ1) is 17.7. The second-order valence-corrected chi connectivity index (χ2v) is 8.06. The fourth-order valence-corrected chi connectivity index (χ4v) is 5.08. The summed E-state index contributed by atoms with van der Waals surface area (Å²) in [6.45, 7) is 2.06. The summed E-state index contributed by atoms with van der Waals surface area (Å²) in [6, 6.07) is 8.32. The van der Waals surface area contributed by atoms with Gasteiger partial charge in [-0.1, -0.05) is 35.9 Å². The zero-order valence-electron chi connectivity index (χ0n) is 14.9. The molecule has 0 radical (unpaired) electrons. The molecule has 0 bridgehead atoms. The lowest BCUT2D eigenvalue weighted by Crippen LogP contribution is -2.28. The highest BCUT2D eigenvalue weighted by molar-refractivity contribution is 6.30. The van der Waals surface area contributed by atoms with E-state index in [1.807, 2.05) is 0 Å². The highest BCUT2D eigenvalue weighted by Gasteiger charge is 2.37. The molecule has 3 atom stereocenters. The Balaban J connectivity index is 1.72. The van der Waals surface area contributed by atoms with E-state index in [1.54, 1.807) is 30.3 Å². The molecule has 2 aliphatic rings. The van der Waals surface area contributed by atoms with Crippen LogP contribution < -0.4 is 0 Å². The molecule has 0 heterocycles. The maximum atomic E-state index is 15.3. The molecule has 2 aliphatic carbocycles. The zero-order chi connectivity index (χ0) is 18.3. The SMILES string of the molecule is C/C=C/[C@@H]1CC[C@@H]2c3cc(F)c(-c4ccc(Cl)cc4)c(F)c3CC[C@@H]2C1. The molecular weight excluding hydrogens is 350 g/mol. The molecule has 0 amide bonds. The van der Waals surface area contributed by atoms with Crippen molar-refractivity contribution in [1.82, 2.24) is 0 Å². The Kier molecular flexibility index (Phi) is 4.88. The second kappa shape index (κ2) is 7.15. The van der Waals surface area contributed by atoms with Crippen molar-refractivity contribution in [1.29, 1.82) is 0 Å². The lowest BCUT2D eigenvalue weighted by atomic mass is 9.65. The van der Waals surface area contributed by atoms with Gasteiger partial charge in [0, 0.05) is 5.02 Å². The van der Waals surface area contributed by atoms with Crippen LogP contribution in [-0.4, -0.2) is 0 Å². The number of halogens is 3. The average Bonchev–Trinajstić information content (AvgIpc) is 2.63. The topological polar surface area (TPSA) is 0 Å². The third-order valence-electron chi connectivity index (χ3n) is 6.14. The van der Waals surface area contributed by atoms with Crippen LogP contribution in [0, 0.1) is 23.5 Å². The molecule has 0 saturated heterocycles. The van der Waals surface area contributed by atoms with Gasteiger partial charge in [0.25, 0.3) is 0 Å². The molecule has 0 aromatic heterocycles. The van der Waals surface area contributed by atoms with Gasteiger partial charge in [-0.05, 0) is 91.7 Å². The van der Waals surface area contributed by atoms with Crippen LogP contribution in [0.15, 0.2) is 42.5 Å². The molecule has 2 aromatic carbocycles. The summed E-state index contributed by atoms with van der Waals surface area (Å²) >= 11 is 5.91. The molecule has 0 spiro atoms. The van der Waals surface area contributed by atoms with Crippen LogP contribution in [0.2, 0.25) is 5.02 Å². The summed E-state index contributed by atoms with van der Waals surface area (Å²) in [7, 11) is 0. The number of hydrogen-bond acceptors (Lipinski definition) is 0. The minimum absolute atomic E-state index is 0.0847. The van der Waals surface area contributed by atoms with Crippen LogP contribution in [-0.2, 0) is 6.42 Å². The minimum Gasteiger partial charge on any atom is -0.206 e. The number of rotatable bonds is 2. The van der Waals surface area contributed by atoms with E-state index in [0.717, 1.165) is 36.8 Å². The van der Waals surface area contributed by atoms with E-state index < -0.39 is 5.82 Å². The van der Waals surface area contributed by atoms with Crippen LogP contribution in [0.1, 0.15) is 49.7 Å². The maximum Gasteiger partial charge on any atom is 0.137 e. The lowest BCUT2D eigenvalue weighted by Gasteiger charge is -2.40. The minimum atomic E-state index is -0.459. The summed E-state index contributed by atoms with van der Waals surface area (Å²) in [4.78, 5) is 0. The van der Waals surface area contributed by atoms with Crippen LogP contribution in [0.4, 0.5) is 8.78 Å². The average molecular weight is 373 g/mol. The summed E-state index contributed by atoms with van der Waals surface area (Å²) < 4.78 is 30.2. The first-order chi connectivity index (χ1) is 12.6. The van der Waals surface area contributed by atoms with Crippen molar-refractivity contribution in [3.8, 4) is 11.1 Å². The fourth-order valence-electron chi connectivity index (χ4n) is 4.95. The van der Waals surface area contributed by atoms with Crippen LogP contribution in [0.5, 0.6) is 0 Å². The second-order valence-electron chi connectivity index (χ2n) is 7.63. The smallest absolute Gasteiger partial charge is 0.137 e. The first-order valence-corrected chi connectivity index (χ1v) is 9.85. The van der Waals surface area contributed by atoms with Crippen molar-refractivity contribution in [2.45, 2.75) is 44.9 Å². The van der Waals surface area contributed by atoms with Crippen molar-refractivity contribution in [3.05, 3.63) is 70.3 Å². The Morgan fingerprint density at radius 3 is 2.58 bits per heavy atom. The molecule has 3 heteroatoms. The molecule has 0 aliphatic heterocycles. The van der Waals surface area contributed by atoms with E-state index in [-0.39, 0.29) is 11.4 Å². The van der Waals surface area contributed by atoms with E-state index in [0.29, 0.717) is 34.8 Å². The van der Waals surface area contributed by atoms with Crippen molar-refractivity contribution >= 4 is 11.6 Å². The number of fused-ring (bicyclic) bond motifs is 3. The molecule has 2 aromatic rings. The molecule has 26 heavy (non-hydrogen) atoms. The van der Waals surface area contributed by atoms with Gasteiger partial charge in [0.2, 0.25) is 0 Å². The van der Waals surface area contributed by atoms with Crippen LogP contribution in [0.25, 0.3) is 11.1 Å². The van der Waals surface area contributed by atoms with E-state index in [9.17, 15) is 4.39 Å². The number of hydrogen-bond donors (Lipinski definition) is 0. The third kappa shape index (κ3) is 3.09. The largest absolute Gasteiger partial charge is 0.206 e. The van der Waals surface area contributed by atoms with E-state index in [1.165, 1.54) is 0 Å². The number of benzene rings is 2. The van der Waals surface area contributed by atoms with Gasteiger partial charge in [-0.2, -0.15) is 0 Å². The van der Waals surface area contributed by atoms with E-state index in [4.69, 9.17) is 11.6 Å². The van der Waals surface area contributed by atoms with Gasteiger partial charge in [0.15, 0.2) is 0 Å². The Bertz CT molecular complexity index is 838. The first-order valence-electron chi connectivity index (χ1n) is 9.48. The van der Waals surface area contributed by atoms with Crippen molar-refractivity contribution in [2.24, 2.45) is 11.8 Å². The molecule has 136 valence electrons. The standard InChI is InChI=1S/C23H23ClF2/c1-2-3-14-4-10-18-16(12-14)7-11-19-20(18)13-21(25)22(23(19)26)15-5-8-17(24)9-6-15/h2-3,5-6,8-9,13-14,16,18H,4,7,10-12H2,1H3/b3-2+/t14-,16-,18+/m1/s1. The van der Waals surface area contributed by atoms with Gasteiger partial charge in [-0.3, -0.25) is 0 Å². The van der Waals surface area contributed by atoms with E-state index >= 15 is 4.39 Å². The lowest BCUT2D eigenvalue weighted by molar-refractivity contribution is 0.234. The normalized spacial score (nSPS) is 25.2. The van der Waals surface area contributed by atoms with Crippen LogP contribution in [0.3, 0.4) is 0 Å². The Labute approximate surface area is 158 Å². The quantitative estimate of drug-likeness (QED) is 0.485. The van der Waals surface area contributed by atoms with E-state index in [2.05, 4.69) is 19.1 Å². The van der Waals surface area contributed by atoms with Gasteiger partial charge in [0.05, 0.1) is 5.56 Å². The molecule has 0 nitrogen and oxygen atoms in total. The monoisotopic (exact) mass is 372 g/mol. The molecule has 1 saturated carbocycles. The summed E-state index contributed by atoms with van der Waals surface area (Å²) in [5.41, 5.74) is 2.27. The van der Waals surface area contributed by atoms with Crippen molar-refractivity contribution in [2.75, 3.05) is 0 Å². The van der Waals surface area contributed by atoms with Gasteiger partial charge in [0.1, 0.15) is 11.6 Å². The highest BCUT2D eigenvalue weighted by atomic mass is 35.5. The third-order valence-corrected chi connectivity index (χ3v) is 6.39. The Hall–Kier alpha value is -1.67. The van der Waals surface area contributed by atoms with Crippen molar-refractivity contribution < 1.29 is 8.78 Å². The molecule has 0 N–H and O–H groups in total. The molecule has 1 fully saturated rings. The molecule has 0 unspecified atom stereocenters. The van der Waals surface area contributed by atoms with Gasteiger partial charge in [-0.15, -0.1) is 0 Å². The summed E-state index contributed by atoms with van der Waals surface area (Å²) in [6.07, 6.45) is 9.37. The fraction of sp³-hybridized carbons (Fsp3) is 0.391. The van der Waals surface area contributed by atoms with Crippen LogP contribution >= 0.6 is 11.6 Å². The van der Waals surface area contributed by atoms with Crippen molar-refractivity contribution in [3.63, 3.8) is 0 Å². The predicted molar refractivity (Wildman–Crippen MR) is 104 cm³/mol. The van der Waals surface area contributed by atoms with Gasteiger partial charge >= 0.3 is 0 Å². The zero-order valence-corrected chi connectivity index (χ0v) is 15.7. The summed E-state index contributed by atoms with van der Waals surface area (Å²) in [5.74, 6) is 0.614. The maximum absolute atomic E-state index is 15.3. The van der Waals surface area contributed by atoms with Gasteiger partial charge in [-0.25, -0.2) is 8.78 Å². The Morgan fingerprint density at radius 2 is 1.85 bits per heavy atom. The van der Waals surface area contributed by atoms with Gasteiger partial charge < -0.3 is 0 Å². The Morgan fingerprint density at radius 1 is 1.08 bits per heavy atom.